The standard InChI is InChI=1S/C12H18F3N3/c1-2-3-8-18(9-7-16)11-6-4-5-10(17-11)12(13,14)15/h4-6H,2-3,7-9,16H2,1H3. The molecule has 18 heavy (non-hydrogen) atoms. The molecular weight excluding hydrogens is 243 g/mol. The second-order valence-corrected chi connectivity index (χ2v) is 4.01. The quantitative estimate of drug-likeness (QED) is 0.856. The number of pyridine rings is 1. The fourth-order valence-electron chi connectivity index (χ4n) is 1.60. The second kappa shape index (κ2) is 6.58. The lowest BCUT2D eigenvalue weighted by molar-refractivity contribution is -0.141. The van der Waals surface area contributed by atoms with Gasteiger partial charge in [0.2, 0.25) is 0 Å². The molecule has 1 aromatic rings. The molecule has 3 nitrogen and oxygen atoms in total. The topological polar surface area (TPSA) is 42.1 Å². The van der Waals surface area contributed by atoms with E-state index >= 15 is 0 Å². The van der Waals surface area contributed by atoms with Crippen LogP contribution in [0.2, 0.25) is 0 Å². The first-order valence-corrected chi connectivity index (χ1v) is 5.98. The van der Waals surface area contributed by atoms with Crippen molar-refractivity contribution < 1.29 is 13.2 Å². The molecule has 0 atom stereocenters. The van der Waals surface area contributed by atoms with E-state index in [2.05, 4.69) is 4.98 Å². The van der Waals surface area contributed by atoms with Crippen LogP contribution < -0.4 is 10.6 Å². The normalized spacial score (nSPS) is 11.6. The van der Waals surface area contributed by atoms with Gasteiger partial charge < -0.3 is 10.6 Å². The Balaban J connectivity index is 2.90. The van der Waals surface area contributed by atoms with Crippen molar-refractivity contribution in [1.82, 2.24) is 4.98 Å². The molecule has 102 valence electrons. The van der Waals surface area contributed by atoms with Crippen LogP contribution in [0.4, 0.5) is 19.0 Å². The summed E-state index contributed by atoms with van der Waals surface area (Å²) in [5, 5.41) is 0. The van der Waals surface area contributed by atoms with E-state index in [0.717, 1.165) is 18.9 Å². The van der Waals surface area contributed by atoms with Crippen molar-refractivity contribution in [3.63, 3.8) is 0 Å². The van der Waals surface area contributed by atoms with Gasteiger partial charge in [-0.1, -0.05) is 19.4 Å². The number of anilines is 1. The Bertz CT molecular complexity index is 366. The maximum atomic E-state index is 12.6. The van der Waals surface area contributed by atoms with Gasteiger partial charge in [-0.3, -0.25) is 0 Å². The molecule has 0 saturated carbocycles. The summed E-state index contributed by atoms with van der Waals surface area (Å²) < 4.78 is 37.7. The minimum Gasteiger partial charge on any atom is -0.355 e. The average molecular weight is 261 g/mol. The summed E-state index contributed by atoms with van der Waals surface area (Å²) in [6, 6.07) is 3.94. The molecule has 0 radical (unpaired) electrons. The molecule has 1 aromatic heterocycles. The van der Waals surface area contributed by atoms with Gasteiger partial charge >= 0.3 is 6.18 Å². The van der Waals surface area contributed by atoms with Crippen LogP contribution >= 0.6 is 0 Å². The minimum absolute atomic E-state index is 0.337. The Labute approximate surface area is 105 Å². The van der Waals surface area contributed by atoms with Gasteiger partial charge in [0.05, 0.1) is 0 Å². The van der Waals surface area contributed by atoms with E-state index in [4.69, 9.17) is 5.73 Å². The van der Waals surface area contributed by atoms with Gasteiger partial charge in [-0.25, -0.2) is 4.98 Å². The molecule has 0 aliphatic rings. The van der Waals surface area contributed by atoms with Crippen LogP contribution in [-0.4, -0.2) is 24.6 Å². The highest BCUT2D eigenvalue weighted by molar-refractivity contribution is 5.39. The van der Waals surface area contributed by atoms with E-state index in [1.807, 2.05) is 6.92 Å². The number of rotatable bonds is 6. The highest BCUT2D eigenvalue weighted by Gasteiger charge is 2.32. The summed E-state index contributed by atoms with van der Waals surface area (Å²) in [6.45, 7) is 3.60. The first-order valence-electron chi connectivity index (χ1n) is 5.98. The molecule has 0 aromatic carbocycles. The van der Waals surface area contributed by atoms with E-state index in [-0.39, 0.29) is 0 Å². The van der Waals surface area contributed by atoms with E-state index in [0.29, 0.717) is 25.5 Å². The molecule has 0 spiro atoms. The molecule has 0 unspecified atom stereocenters. The van der Waals surface area contributed by atoms with Crippen LogP contribution in [0.25, 0.3) is 0 Å². The Morgan fingerprint density at radius 2 is 2.00 bits per heavy atom. The third-order valence-corrected chi connectivity index (χ3v) is 2.53. The zero-order chi connectivity index (χ0) is 13.6. The van der Waals surface area contributed by atoms with E-state index < -0.39 is 11.9 Å². The Hall–Kier alpha value is -1.30. The Morgan fingerprint density at radius 1 is 1.28 bits per heavy atom. The van der Waals surface area contributed by atoms with Crippen LogP contribution in [-0.2, 0) is 6.18 Å². The largest absolute Gasteiger partial charge is 0.433 e. The highest BCUT2D eigenvalue weighted by Crippen LogP contribution is 2.28. The molecule has 1 heterocycles. The Morgan fingerprint density at radius 3 is 2.56 bits per heavy atom. The van der Waals surface area contributed by atoms with E-state index in [1.165, 1.54) is 6.07 Å². The van der Waals surface area contributed by atoms with Crippen molar-refractivity contribution in [3.8, 4) is 0 Å². The minimum atomic E-state index is -4.41. The fourth-order valence-corrected chi connectivity index (χ4v) is 1.60. The maximum Gasteiger partial charge on any atom is 0.433 e. The van der Waals surface area contributed by atoms with Crippen molar-refractivity contribution in [3.05, 3.63) is 23.9 Å². The summed E-state index contributed by atoms with van der Waals surface area (Å²) in [5.41, 5.74) is 4.61. The van der Waals surface area contributed by atoms with Crippen molar-refractivity contribution in [2.24, 2.45) is 5.73 Å². The smallest absolute Gasteiger partial charge is 0.355 e. The zero-order valence-electron chi connectivity index (χ0n) is 10.4. The molecule has 0 saturated heterocycles. The third kappa shape index (κ3) is 4.18. The first-order chi connectivity index (χ1) is 8.49. The number of nitrogens with two attached hydrogens (primary N) is 1. The molecule has 0 amide bonds. The molecule has 2 N–H and O–H groups in total. The van der Waals surface area contributed by atoms with Crippen LogP contribution in [0.15, 0.2) is 18.2 Å². The van der Waals surface area contributed by atoms with Crippen molar-refractivity contribution in [1.29, 1.82) is 0 Å². The van der Waals surface area contributed by atoms with Gasteiger partial charge in [0.1, 0.15) is 11.5 Å². The number of halogens is 3. The summed E-state index contributed by atoms with van der Waals surface area (Å²) in [7, 11) is 0. The lowest BCUT2D eigenvalue weighted by Gasteiger charge is -2.23. The van der Waals surface area contributed by atoms with Gasteiger partial charge in [0, 0.05) is 19.6 Å². The van der Waals surface area contributed by atoms with Crippen LogP contribution in [0.3, 0.4) is 0 Å². The van der Waals surface area contributed by atoms with Gasteiger partial charge in [-0.15, -0.1) is 0 Å². The molecule has 0 aliphatic heterocycles. The summed E-state index contributed by atoms with van der Waals surface area (Å²) in [5.74, 6) is 0.337. The lowest BCUT2D eigenvalue weighted by atomic mass is 10.3. The lowest BCUT2D eigenvalue weighted by Crippen LogP contribution is -2.31. The van der Waals surface area contributed by atoms with Gasteiger partial charge in [-0.2, -0.15) is 13.2 Å². The molecule has 0 aliphatic carbocycles. The number of alkyl halides is 3. The van der Waals surface area contributed by atoms with Crippen LogP contribution in [0, 0.1) is 0 Å². The first kappa shape index (κ1) is 14.8. The predicted molar refractivity (Wildman–Crippen MR) is 65.4 cm³/mol. The van der Waals surface area contributed by atoms with E-state index in [9.17, 15) is 13.2 Å². The number of hydrogen-bond donors (Lipinski definition) is 1. The van der Waals surface area contributed by atoms with E-state index in [1.54, 1.807) is 11.0 Å². The number of unbranched alkanes of at least 4 members (excludes halogenated alkanes) is 1. The van der Waals surface area contributed by atoms with Crippen molar-refractivity contribution in [2.45, 2.75) is 25.9 Å². The Kier molecular flexibility index (Phi) is 5.40. The average Bonchev–Trinajstić information content (AvgIpc) is 2.33. The summed E-state index contributed by atoms with van der Waals surface area (Å²) in [4.78, 5) is 5.45. The number of nitrogens with zero attached hydrogens (tertiary/aromatic N) is 2. The van der Waals surface area contributed by atoms with Crippen molar-refractivity contribution in [2.75, 3.05) is 24.5 Å². The van der Waals surface area contributed by atoms with Crippen LogP contribution in [0.1, 0.15) is 25.5 Å². The fraction of sp³-hybridized carbons (Fsp3) is 0.583. The van der Waals surface area contributed by atoms with Crippen LogP contribution in [0.5, 0.6) is 0 Å². The zero-order valence-corrected chi connectivity index (χ0v) is 10.4. The maximum absolute atomic E-state index is 12.6. The SMILES string of the molecule is CCCCN(CCN)c1cccc(C(F)(F)F)n1. The second-order valence-electron chi connectivity index (χ2n) is 4.01. The summed E-state index contributed by atoms with van der Waals surface area (Å²) >= 11 is 0. The number of aromatic nitrogens is 1. The predicted octanol–water partition coefficient (Wildman–Crippen LogP) is 2.67. The number of hydrogen-bond acceptors (Lipinski definition) is 3. The highest BCUT2D eigenvalue weighted by atomic mass is 19.4. The molecule has 0 fully saturated rings. The molecule has 1 rings (SSSR count). The molecule has 6 heteroatoms. The van der Waals surface area contributed by atoms with Gasteiger partial charge in [0.25, 0.3) is 0 Å². The summed E-state index contributed by atoms with van der Waals surface area (Å²) in [6.07, 6.45) is -2.53. The van der Waals surface area contributed by atoms with Gasteiger partial charge in [-0.05, 0) is 18.6 Å². The molecular formula is C12H18F3N3. The third-order valence-electron chi connectivity index (χ3n) is 2.53. The monoisotopic (exact) mass is 261 g/mol. The van der Waals surface area contributed by atoms with Gasteiger partial charge in [0.15, 0.2) is 0 Å². The van der Waals surface area contributed by atoms with Crippen molar-refractivity contribution >= 4 is 5.82 Å². The molecule has 0 bridgehead atoms.